The van der Waals surface area contributed by atoms with Crippen LogP contribution in [0.4, 0.5) is 0 Å². The van der Waals surface area contributed by atoms with E-state index in [1.54, 1.807) is 0 Å². The number of hydrogen-bond donors (Lipinski definition) is 1. The first-order valence-electron chi connectivity index (χ1n) is 7.84. The molecule has 5 heteroatoms. The summed E-state index contributed by atoms with van der Waals surface area (Å²) in [5, 5.41) is 9.48. The lowest BCUT2D eigenvalue weighted by Gasteiger charge is -2.26. The molecule has 0 aromatic heterocycles. The van der Waals surface area contributed by atoms with Crippen LogP contribution in [-0.4, -0.2) is 41.6 Å². The van der Waals surface area contributed by atoms with E-state index in [2.05, 4.69) is 0 Å². The third kappa shape index (κ3) is 2.28. The summed E-state index contributed by atoms with van der Waals surface area (Å²) in [6, 6.07) is 10.0. The molecule has 22 heavy (non-hydrogen) atoms. The average molecular weight is 306 g/mol. The van der Waals surface area contributed by atoms with Crippen LogP contribution in [0.25, 0.3) is 0 Å². The Kier molecular flexibility index (Phi) is 3.33. The lowest BCUT2D eigenvalue weighted by atomic mass is 10.1. The second kappa shape index (κ2) is 5.01. The van der Waals surface area contributed by atoms with Gasteiger partial charge in [0.1, 0.15) is 17.8 Å². The Labute approximate surface area is 130 Å². The molecular weight excluding hydrogens is 284 g/mol. The number of fused-ring (bicyclic) bond motifs is 1. The van der Waals surface area contributed by atoms with Crippen molar-refractivity contribution in [3.63, 3.8) is 0 Å². The van der Waals surface area contributed by atoms with Gasteiger partial charge in [-0.15, -0.1) is 0 Å². The van der Waals surface area contributed by atoms with Crippen LogP contribution in [0.2, 0.25) is 0 Å². The first-order chi connectivity index (χ1) is 10.5. The van der Waals surface area contributed by atoms with Crippen molar-refractivity contribution in [2.24, 2.45) is 5.92 Å². The highest BCUT2D eigenvalue weighted by molar-refractivity contribution is 5.19. The quantitative estimate of drug-likeness (QED) is 0.920. The second-order valence-electron chi connectivity index (χ2n) is 6.84. The molecule has 2 saturated heterocycles. The first-order valence-corrected chi connectivity index (χ1v) is 7.84. The lowest BCUT2D eigenvalue weighted by molar-refractivity contribution is -0.227. The highest BCUT2D eigenvalue weighted by Gasteiger charge is 2.72. The van der Waals surface area contributed by atoms with Crippen molar-refractivity contribution in [2.75, 3.05) is 6.61 Å². The van der Waals surface area contributed by atoms with E-state index in [-0.39, 0.29) is 24.7 Å². The zero-order valence-corrected chi connectivity index (χ0v) is 12.9. The van der Waals surface area contributed by atoms with Crippen molar-refractivity contribution in [3.8, 4) is 0 Å². The minimum atomic E-state index is -0.658. The van der Waals surface area contributed by atoms with Gasteiger partial charge in [0.15, 0.2) is 12.1 Å². The van der Waals surface area contributed by atoms with Gasteiger partial charge < -0.3 is 24.1 Å². The summed E-state index contributed by atoms with van der Waals surface area (Å²) in [5.41, 5.74) is 0.663. The van der Waals surface area contributed by atoms with Crippen LogP contribution < -0.4 is 0 Å². The fourth-order valence-electron chi connectivity index (χ4n) is 3.65. The largest absolute Gasteiger partial charge is 0.396 e. The highest BCUT2D eigenvalue weighted by atomic mass is 16.8. The van der Waals surface area contributed by atoms with E-state index in [0.717, 1.165) is 12.0 Å². The maximum absolute atomic E-state index is 9.48. The van der Waals surface area contributed by atoms with E-state index in [1.807, 2.05) is 44.2 Å². The van der Waals surface area contributed by atoms with Crippen LogP contribution in [0.1, 0.15) is 25.8 Å². The Balaban J connectivity index is 1.51. The molecule has 1 aliphatic carbocycles. The third-order valence-electron chi connectivity index (χ3n) is 4.79. The van der Waals surface area contributed by atoms with Gasteiger partial charge in [0.05, 0.1) is 6.61 Å². The molecule has 3 fully saturated rings. The summed E-state index contributed by atoms with van der Waals surface area (Å²) >= 11 is 0. The fraction of sp³-hybridized carbons (Fsp3) is 0.647. The van der Waals surface area contributed by atoms with Crippen LogP contribution in [-0.2, 0) is 25.6 Å². The van der Waals surface area contributed by atoms with Crippen molar-refractivity contribution in [1.29, 1.82) is 0 Å². The molecule has 2 unspecified atom stereocenters. The van der Waals surface area contributed by atoms with Gasteiger partial charge in [-0.2, -0.15) is 0 Å². The van der Waals surface area contributed by atoms with Crippen LogP contribution in [0.5, 0.6) is 0 Å². The minimum absolute atomic E-state index is 0.105. The molecule has 4 rings (SSSR count). The van der Waals surface area contributed by atoms with E-state index < -0.39 is 17.7 Å². The number of aliphatic hydroxyl groups excluding tert-OH is 1. The van der Waals surface area contributed by atoms with E-state index in [9.17, 15) is 5.11 Å². The molecule has 0 bridgehead atoms. The number of benzene rings is 1. The number of aliphatic hydroxyl groups is 1. The van der Waals surface area contributed by atoms with Gasteiger partial charge in [-0.3, -0.25) is 0 Å². The molecule has 1 spiro atoms. The molecule has 5 atom stereocenters. The maximum Gasteiger partial charge on any atom is 0.190 e. The van der Waals surface area contributed by atoms with Crippen molar-refractivity contribution in [1.82, 2.24) is 0 Å². The molecule has 1 aromatic carbocycles. The van der Waals surface area contributed by atoms with Gasteiger partial charge in [-0.1, -0.05) is 30.3 Å². The number of hydrogen-bond acceptors (Lipinski definition) is 5. The summed E-state index contributed by atoms with van der Waals surface area (Å²) in [6.07, 6.45) is -0.0671. The summed E-state index contributed by atoms with van der Waals surface area (Å²) in [5.74, 6) is -0.552. The minimum Gasteiger partial charge on any atom is -0.396 e. The van der Waals surface area contributed by atoms with Gasteiger partial charge in [-0.25, -0.2) is 0 Å². The van der Waals surface area contributed by atoms with E-state index in [4.69, 9.17) is 18.9 Å². The van der Waals surface area contributed by atoms with Gasteiger partial charge in [-0.05, 0) is 25.8 Å². The molecule has 0 amide bonds. The molecule has 1 aromatic rings. The Morgan fingerprint density at radius 3 is 2.64 bits per heavy atom. The predicted molar refractivity (Wildman–Crippen MR) is 77.9 cm³/mol. The van der Waals surface area contributed by atoms with Crippen LogP contribution in [0.3, 0.4) is 0 Å². The van der Waals surface area contributed by atoms with Gasteiger partial charge in [0.2, 0.25) is 0 Å². The molecule has 2 aliphatic heterocycles. The Hall–Kier alpha value is -0.980. The third-order valence-corrected chi connectivity index (χ3v) is 4.79. The zero-order valence-electron chi connectivity index (χ0n) is 12.9. The van der Waals surface area contributed by atoms with Crippen molar-refractivity contribution in [3.05, 3.63) is 35.9 Å². The molecule has 120 valence electrons. The first kappa shape index (κ1) is 14.6. The zero-order chi connectivity index (χ0) is 15.4. The SMILES string of the molecule is CC1(C)OC2C(OCc3ccccc3)[C@@]3(C[C@@H]3CO)O[C@@H]2O1. The highest BCUT2D eigenvalue weighted by Crippen LogP contribution is 2.59. The topological polar surface area (TPSA) is 57.2 Å². The summed E-state index contributed by atoms with van der Waals surface area (Å²) < 4.78 is 24.1. The molecule has 3 aliphatic rings. The maximum atomic E-state index is 9.48. The fourth-order valence-corrected chi connectivity index (χ4v) is 3.65. The van der Waals surface area contributed by atoms with Crippen LogP contribution >= 0.6 is 0 Å². The lowest BCUT2D eigenvalue weighted by Crippen LogP contribution is -2.39. The molecule has 5 nitrogen and oxygen atoms in total. The second-order valence-corrected chi connectivity index (χ2v) is 6.84. The van der Waals surface area contributed by atoms with Crippen molar-refractivity contribution < 1.29 is 24.1 Å². The molecule has 1 saturated carbocycles. The predicted octanol–water partition coefficient (Wildman–Crippen LogP) is 1.83. The standard InChI is InChI=1S/C17H22O5/c1-16(2)20-13-14(19-10-11-6-4-3-5-7-11)17(8-12(17)9-18)22-15(13)21-16/h3-7,12-15,18H,8-10H2,1-2H3/t12-,13?,14?,15+,17+/m1/s1. The molecule has 2 heterocycles. The Morgan fingerprint density at radius 2 is 1.95 bits per heavy atom. The number of ether oxygens (including phenoxy) is 4. The van der Waals surface area contributed by atoms with Crippen molar-refractivity contribution in [2.45, 2.75) is 56.8 Å². The monoisotopic (exact) mass is 306 g/mol. The van der Waals surface area contributed by atoms with Gasteiger partial charge in [0.25, 0.3) is 0 Å². The normalized spacial score (nSPS) is 41.8. The smallest absolute Gasteiger partial charge is 0.190 e. The average Bonchev–Trinajstić information content (AvgIpc) is 3.02. The van der Waals surface area contributed by atoms with E-state index >= 15 is 0 Å². The summed E-state index contributed by atoms with van der Waals surface area (Å²) in [7, 11) is 0. The Morgan fingerprint density at radius 1 is 1.18 bits per heavy atom. The van der Waals surface area contributed by atoms with Crippen LogP contribution in [0, 0.1) is 5.92 Å². The van der Waals surface area contributed by atoms with E-state index in [1.165, 1.54) is 0 Å². The van der Waals surface area contributed by atoms with Gasteiger partial charge in [0, 0.05) is 12.5 Å². The molecule has 1 N–H and O–H groups in total. The molecule has 0 radical (unpaired) electrons. The Bertz CT molecular complexity index is 545. The van der Waals surface area contributed by atoms with Crippen LogP contribution in [0.15, 0.2) is 30.3 Å². The number of rotatable bonds is 4. The van der Waals surface area contributed by atoms with E-state index in [0.29, 0.717) is 6.61 Å². The molecular formula is C17H22O5. The summed E-state index contributed by atoms with van der Waals surface area (Å²) in [4.78, 5) is 0. The summed E-state index contributed by atoms with van der Waals surface area (Å²) in [6.45, 7) is 4.37. The van der Waals surface area contributed by atoms with Crippen molar-refractivity contribution >= 4 is 0 Å². The van der Waals surface area contributed by atoms with Gasteiger partial charge >= 0.3 is 0 Å².